The van der Waals surface area contributed by atoms with Crippen molar-refractivity contribution < 1.29 is 18.8 Å². The molecule has 0 atom stereocenters. The van der Waals surface area contributed by atoms with E-state index >= 15 is 0 Å². The van der Waals surface area contributed by atoms with Crippen LogP contribution in [0.1, 0.15) is 21.6 Å². The van der Waals surface area contributed by atoms with Crippen LogP contribution >= 0.6 is 11.3 Å². The lowest BCUT2D eigenvalue weighted by Crippen LogP contribution is -2.15. The van der Waals surface area contributed by atoms with Crippen molar-refractivity contribution in [3.63, 3.8) is 0 Å². The molecule has 0 saturated carbocycles. The highest BCUT2D eigenvalue weighted by Gasteiger charge is 2.24. The molecule has 7 nitrogen and oxygen atoms in total. The van der Waals surface area contributed by atoms with Crippen LogP contribution in [0.15, 0.2) is 17.5 Å². The number of halogens is 1. The number of ether oxygens (including phenoxy) is 1. The maximum Gasteiger partial charge on any atom is 0.285 e. The third-order valence-electron chi connectivity index (χ3n) is 2.76. The topological polar surface area (TPSA) is 94.4 Å². The van der Waals surface area contributed by atoms with Crippen molar-refractivity contribution in [1.29, 1.82) is 0 Å². The van der Waals surface area contributed by atoms with Gasteiger partial charge >= 0.3 is 0 Å². The molecule has 22 heavy (non-hydrogen) atoms. The Morgan fingerprint density at radius 2 is 2.27 bits per heavy atom. The van der Waals surface area contributed by atoms with Crippen LogP contribution in [-0.2, 0) is 11.3 Å². The number of anilines is 1. The molecular weight excluding hydrogens is 313 g/mol. The van der Waals surface area contributed by atoms with Gasteiger partial charge in [-0.25, -0.2) is 9.37 Å². The fourth-order valence-electron chi connectivity index (χ4n) is 1.89. The van der Waals surface area contributed by atoms with Crippen LogP contribution in [0.5, 0.6) is 0 Å². The average Bonchev–Trinajstić information content (AvgIpc) is 2.85. The van der Waals surface area contributed by atoms with Crippen LogP contribution in [-0.4, -0.2) is 22.9 Å². The summed E-state index contributed by atoms with van der Waals surface area (Å²) < 4.78 is 18.3. The summed E-state index contributed by atoms with van der Waals surface area (Å²) in [5.74, 6) is -1.50. The number of thiazole rings is 1. The molecule has 1 N–H and O–H groups in total. The molecule has 0 fully saturated rings. The Hall–Kier alpha value is -2.39. The largest absolute Gasteiger partial charge is 0.378 e. The molecule has 116 valence electrons. The van der Waals surface area contributed by atoms with Gasteiger partial charge in [0.2, 0.25) is 0 Å². The smallest absolute Gasteiger partial charge is 0.285 e. The van der Waals surface area contributed by atoms with Crippen molar-refractivity contribution in [3.05, 3.63) is 50.3 Å². The van der Waals surface area contributed by atoms with Crippen LogP contribution in [0.25, 0.3) is 0 Å². The van der Waals surface area contributed by atoms with Gasteiger partial charge in [0.25, 0.3) is 11.6 Å². The maximum atomic E-state index is 13.4. The normalized spacial score (nSPS) is 10.5. The second-order valence-corrected chi connectivity index (χ2v) is 5.27. The van der Waals surface area contributed by atoms with Crippen LogP contribution in [0.3, 0.4) is 0 Å². The number of benzene rings is 1. The Labute approximate surface area is 128 Å². The zero-order valence-electron chi connectivity index (χ0n) is 11.8. The van der Waals surface area contributed by atoms with E-state index in [1.165, 1.54) is 14.0 Å². The molecular formula is C13H12FN3O4S. The minimum absolute atomic E-state index is 0.0781. The van der Waals surface area contributed by atoms with Gasteiger partial charge in [0, 0.05) is 18.1 Å². The Morgan fingerprint density at radius 1 is 1.55 bits per heavy atom. The van der Waals surface area contributed by atoms with Crippen molar-refractivity contribution in [2.75, 3.05) is 12.4 Å². The second kappa shape index (κ2) is 6.58. The lowest BCUT2D eigenvalue weighted by atomic mass is 10.1. The zero-order valence-corrected chi connectivity index (χ0v) is 12.6. The summed E-state index contributed by atoms with van der Waals surface area (Å²) in [6.45, 7) is 1.66. The maximum absolute atomic E-state index is 13.4. The molecule has 0 spiro atoms. The lowest BCUT2D eigenvalue weighted by molar-refractivity contribution is -0.385. The molecule has 1 heterocycles. The number of hydrogen-bond donors (Lipinski definition) is 1. The van der Waals surface area contributed by atoms with E-state index in [0.29, 0.717) is 5.69 Å². The SMILES string of the molecule is COCc1csc(NC(=O)c2cc(F)cc(C)c2[N+](=O)[O-])n1. The number of nitrogens with zero attached hydrogens (tertiary/aromatic N) is 2. The molecule has 0 unspecified atom stereocenters. The van der Waals surface area contributed by atoms with E-state index in [1.807, 2.05) is 0 Å². The number of carbonyl (C=O) groups is 1. The van der Waals surface area contributed by atoms with Gasteiger partial charge < -0.3 is 4.74 Å². The summed E-state index contributed by atoms with van der Waals surface area (Å²) in [4.78, 5) is 26.6. The average molecular weight is 325 g/mol. The van der Waals surface area contributed by atoms with Crippen molar-refractivity contribution in [2.24, 2.45) is 0 Å². The predicted octanol–water partition coefficient (Wildman–Crippen LogP) is 2.90. The van der Waals surface area contributed by atoms with Crippen molar-refractivity contribution >= 4 is 28.1 Å². The first-order valence-corrected chi connectivity index (χ1v) is 6.99. The number of carbonyl (C=O) groups excluding carboxylic acids is 1. The first kappa shape index (κ1) is 16.0. The van der Waals surface area contributed by atoms with E-state index in [9.17, 15) is 19.3 Å². The van der Waals surface area contributed by atoms with E-state index in [4.69, 9.17) is 4.74 Å². The summed E-state index contributed by atoms with van der Waals surface area (Å²) in [5.41, 5.74) is -0.0688. The molecule has 0 radical (unpaired) electrons. The van der Waals surface area contributed by atoms with Gasteiger partial charge in [-0.2, -0.15) is 0 Å². The number of rotatable bonds is 5. The van der Waals surface area contributed by atoms with Crippen LogP contribution in [0.2, 0.25) is 0 Å². The van der Waals surface area contributed by atoms with Gasteiger partial charge in [0.05, 0.1) is 17.2 Å². The number of nitro benzene ring substituents is 1. The van der Waals surface area contributed by atoms with E-state index in [-0.39, 0.29) is 22.9 Å². The zero-order chi connectivity index (χ0) is 16.3. The molecule has 1 aromatic carbocycles. The third kappa shape index (κ3) is 3.43. The van der Waals surface area contributed by atoms with Gasteiger partial charge in [-0.3, -0.25) is 20.2 Å². The highest BCUT2D eigenvalue weighted by Crippen LogP contribution is 2.26. The van der Waals surface area contributed by atoms with Gasteiger partial charge in [-0.05, 0) is 19.1 Å². The molecule has 9 heteroatoms. The standard InChI is InChI=1S/C13H12FN3O4S/c1-7-3-8(14)4-10(11(7)17(19)20)12(18)16-13-15-9(5-21-2)6-22-13/h3-4,6H,5H2,1-2H3,(H,15,16,18). The van der Waals surface area contributed by atoms with Gasteiger partial charge in [-0.1, -0.05) is 0 Å². The number of hydrogen-bond acceptors (Lipinski definition) is 6. The Bertz CT molecular complexity index is 732. The van der Waals surface area contributed by atoms with E-state index in [1.54, 1.807) is 5.38 Å². The highest BCUT2D eigenvalue weighted by molar-refractivity contribution is 7.13. The van der Waals surface area contributed by atoms with Gasteiger partial charge in [-0.15, -0.1) is 11.3 Å². The van der Waals surface area contributed by atoms with Gasteiger partial charge in [0.1, 0.15) is 11.4 Å². The van der Waals surface area contributed by atoms with Crippen LogP contribution < -0.4 is 5.32 Å². The van der Waals surface area contributed by atoms with Gasteiger partial charge in [0.15, 0.2) is 5.13 Å². The molecule has 0 aliphatic carbocycles. The number of aromatic nitrogens is 1. The third-order valence-corrected chi connectivity index (χ3v) is 3.56. The first-order chi connectivity index (χ1) is 10.4. The Morgan fingerprint density at radius 3 is 2.91 bits per heavy atom. The summed E-state index contributed by atoms with van der Waals surface area (Å²) in [7, 11) is 1.51. The van der Waals surface area contributed by atoms with Crippen LogP contribution in [0, 0.1) is 22.9 Å². The summed E-state index contributed by atoms with van der Waals surface area (Å²) in [6, 6.07) is 1.85. The van der Waals surface area contributed by atoms with E-state index < -0.39 is 22.3 Å². The van der Waals surface area contributed by atoms with Crippen molar-refractivity contribution in [2.45, 2.75) is 13.5 Å². The van der Waals surface area contributed by atoms with E-state index in [2.05, 4.69) is 10.3 Å². The number of amides is 1. The second-order valence-electron chi connectivity index (χ2n) is 4.41. The number of aryl methyl sites for hydroxylation is 1. The minimum Gasteiger partial charge on any atom is -0.378 e. The summed E-state index contributed by atoms with van der Waals surface area (Å²) in [6.07, 6.45) is 0. The Balaban J connectivity index is 2.30. The first-order valence-electron chi connectivity index (χ1n) is 6.11. The minimum atomic E-state index is -0.785. The number of methoxy groups -OCH3 is 1. The lowest BCUT2D eigenvalue weighted by Gasteiger charge is -2.05. The monoisotopic (exact) mass is 325 g/mol. The number of nitro groups is 1. The Kier molecular flexibility index (Phi) is 4.78. The fourth-order valence-corrected chi connectivity index (χ4v) is 2.58. The van der Waals surface area contributed by atoms with Crippen molar-refractivity contribution in [1.82, 2.24) is 4.98 Å². The number of nitrogens with one attached hydrogen (secondary N) is 1. The van der Waals surface area contributed by atoms with Crippen LogP contribution in [0.4, 0.5) is 15.2 Å². The quantitative estimate of drug-likeness (QED) is 0.674. The predicted molar refractivity (Wildman–Crippen MR) is 78.6 cm³/mol. The molecule has 0 bridgehead atoms. The summed E-state index contributed by atoms with van der Waals surface area (Å²) >= 11 is 1.15. The fraction of sp³-hybridized carbons (Fsp3) is 0.231. The molecule has 2 rings (SSSR count). The molecule has 1 amide bonds. The molecule has 0 saturated heterocycles. The highest BCUT2D eigenvalue weighted by atomic mass is 32.1. The van der Waals surface area contributed by atoms with Crippen molar-refractivity contribution in [3.8, 4) is 0 Å². The molecule has 2 aromatic rings. The molecule has 1 aromatic heterocycles. The van der Waals surface area contributed by atoms with E-state index in [0.717, 1.165) is 23.5 Å². The summed E-state index contributed by atoms with van der Waals surface area (Å²) in [5, 5.41) is 15.4. The molecule has 0 aliphatic rings. The molecule has 0 aliphatic heterocycles.